The number of amides is 2. The number of aryl methyl sites for hydroxylation is 1. The summed E-state index contributed by atoms with van der Waals surface area (Å²) in [5, 5.41) is 11.0. The van der Waals surface area contributed by atoms with E-state index in [9.17, 15) is 36.7 Å². The molecule has 1 aliphatic rings. The minimum atomic E-state index is -4.65. The summed E-state index contributed by atoms with van der Waals surface area (Å²) in [6.45, 7) is -0.599. The van der Waals surface area contributed by atoms with Gasteiger partial charge in [0, 0.05) is 12.1 Å². The standard InChI is InChI=1S/C21H24F4N2O6/c1-12-5-6-13(14(8-12)21(23,24)25)11-33-20(32)27-7-3-2-4-16(27)19(31)26-15(9-18(29)30)17(28)10-22/h5-6,8,15-16H,2-4,7,9-11H2,1H3,(H,26,31)(H,29,30)/t15?,16-/m0/s1. The summed E-state index contributed by atoms with van der Waals surface area (Å²) >= 11 is 0. The van der Waals surface area contributed by atoms with E-state index in [2.05, 4.69) is 5.32 Å². The summed E-state index contributed by atoms with van der Waals surface area (Å²) in [6, 6.07) is 0.826. The Morgan fingerprint density at radius 2 is 1.94 bits per heavy atom. The second-order valence-corrected chi connectivity index (χ2v) is 7.68. The van der Waals surface area contributed by atoms with Crippen molar-refractivity contribution in [1.29, 1.82) is 0 Å². The lowest BCUT2D eigenvalue weighted by atomic mass is 10.0. The number of nitrogens with one attached hydrogen (secondary N) is 1. The van der Waals surface area contributed by atoms with E-state index in [0.29, 0.717) is 18.4 Å². The van der Waals surface area contributed by atoms with Gasteiger partial charge in [-0.2, -0.15) is 13.2 Å². The molecule has 1 unspecified atom stereocenters. The molecule has 8 nitrogen and oxygen atoms in total. The summed E-state index contributed by atoms with van der Waals surface area (Å²) in [5.41, 5.74) is -0.817. The van der Waals surface area contributed by atoms with Crippen LogP contribution in [0.25, 0.3) is 0 Å². The fraction of sp³-hybridized carbons (Fsp3) is 0.524. The molecule has 1 aromatic carbocycles. The molecular weight excluding hydrogens is 452 g/mol. The van der Waals surface area contributed by atoms with E-state index in [1.54, 1.807) is 0 Å². The maximum Gasteiger partial charge on any atom is 0.416 e. The summed E-state index contributed by atoms with van der Waals surface area (Å²) in [5.74, 6) is -3.43. The molecule has 2 N–H and O–H groups in total. The van der Waals surface area contributed by atoms with Crippen LogP contribution < -0.4 is 5.32 Å². The molecule has 1 saturated heterocycles. The number of aliphatic carboxylic acids is 1. The molecule has 1 aromatic rings. The Morgan fingerprint density at radius 3 is 2.55 bits per heavy atom. The normalized spacial score (nSPS) is 17.2. The first-order valence-corrected chi connectivity index (χ1v) is 10.1. The number of alkyl halides is 4. The van der Waals surface area contributed by atoms with Gasteiger partial charge in [0.15, 0.2) is 5.78 Å². The average Bonchev–Trinajstić information content (AvgIpc) is 2.76. The highest BCUT2D eigenvalue weighted by molar-refractivity contribution is 5.94. The first kappa shape index (κ1) is 26.1. The van der Waals surface area contributed by atoms with Gasteiger partial charge in [0.2, 0.25) is 5.91 Å². The Labute approximate surface area is 186 Å². The van der Waals surface area contributed by atoms with Gasteiger partial charge >= 0.3 is 18.2 Å². The number of ether oxygens (including phenoxy) is 1. The smallest absolute Gasteiger partial charge is 0.416 e. The van der Waals surface area contributed by atoms with Crippen molar-refractivity contribution in [1.82, 2.24) is 10.2 Å². The van der Waals surface area contributed by atoms with Crippen LogP contribution in [-0.4, -0.2) is 59.1 Å². The molecule has 12 heteroatoms. The van der Waals surface area contributed by atoms with Crippen molar-refractivity contribution in [2.75, 3.05) is 13.2 Å². The Balaban J connectivity index is 2.12. The van der Waals surface area contributed by atoms with Crippen molar-refractivity contribution < 1.29 is 46.6 Å². The number of nitrogens with zero attached hydrogens (tertiary/aromatic N) is 1. The number of ketones is 1. The molecule has 0 bridgehead atoms. The summed E-state index contributed by atoms with van der Waals surface area (Å²) in [6.07, 6.45) is -5.33. The van der Waals surface area contributed by atoms with E-state index in [1.807, 2.05) is 0 Å². The number of likely N-dealkylation sites (tertiary alicyclic amines) is 1. The van der Waals surface area contributed by atoms with Crippen molar-refractivity contribution >= 4 is 23.8 Å². The second-order valence-electron chi connectivity index (χ2n) is 7.68. The van der Waals surface area contributed by atoms with Gasteiger partial charge in [0.25, 0.3) is 0 Å². The van der Waals surface area contributed by atoms with Crippen LogP contribution in [0, 0.1) is 6.92 Å². The highest BCUT2D eigenvalue weighted by Crippen LogP contribution is 2.33. The van der Waals surface area contributed by atoms with Crippen molar-refractivity contribution in [3.05, 3.63) is 34.9 Å². The molecule has 2 amide bonds. The molecule has 0 spiro atoms. The Kier molecular flexibility index (Phi) is 8.77. The molecule has 2 atom stereocenters. The first-order chi connectivity index (χ1) is 15.4. The Hall–Kier alpha value is -3.18. The number of carboxylic acid groups (broad SMARTS) is 1. The number of halogens is 4. The van der Waals surface area contributed by atoms with Crippen LogP contribution in [0.5, 0.6) is 0 Å². The number of rotatable bonds is 8. The van der Waals surface area contributed by atoms with Crippen LogP contribution in [0.4, 0.5) is 22.4 Å². The molecule has 1 fully saturated rings. The number of carboxylic acids is 1. The predicted molar refractivity (Wildman–Crippen MR) is 106 cm³/mol. The number of hydrogen-bond donors (Lipinski definition) is 2. The van der Waals surface area contributed by atoms with Gasteiger partial charge in [-0.15, -0.1) is 0 Å². The molecule has 33 heavy (non-hydrogen) atoms. The second kappa shape index (κ2) is 11.1. The lowest BCUT2D eigenvalue weighted by Crippen LogP contribution is -2.55. The zero-order valence-corrected chi connectivity index (χ0v) is 17.8. The summed E-state index contributed by atoms with van der Waals surface area (Å²) < 4.78 is 57.6. The van der Waals surface area contributed by atoms with Crippen LogP contribution in [0.1, 0.15) is 42.4 Å². The van der Waals surface area contributed by atoms with Crippen molar-refractivity contribution in [2.24, 2.45) is 0 Å². The zero-order chi connectivity index (χ0) is 24.8. The molecular formula is C21H24F4N2O6. The quantitative estimate of drug-likeness (QED) is 0.558. The lowest BCUT2D eigenvalue weighted by molar-refractivity contribution is -0.141. The molecule has 0 saturated carbocycles. The highest BCUT2D eigenvalue weighted by atomic mass is 19.4. The Bertz CT molecular complexity index is 905. The van der Waals surface area contributed by atoms with Gasteiger partial charge in [0.1, 0.15) is 25.4 Å². The number of piperidine rings is 1. The maximum atomic E-state index is 13.3. The molecule has 0 aliphatic carbocycles. The molecule has 182 valence electrons. The van der Waals surface area contributed by atoms with Crippen LogP contribution in [0.15, 0.2) is 18.2 Å². The molecule has 0 radical (unpaired) electrons. The number of hydrogen-bond acceptors (Lipinski definition) is 5. The monoisotopic (exact) mass is 476 g/mol. The largest absolute Gasteiger partial charge is 0.481 e. The van der Waals surface area contributed by atoms with Crippen LogP contribution in [0.2, 0.25) is 0 Å². The zero-order valence-electron chi connectivity index (χ0n) is 17.8. The molecule has 1 heterocycles. The van der Waals surface area contributed by atoms with E-state index in [4.69, 9.17) is 9.84 Å². The highest BCUT2D eigenvalue weighted by Gasteiger charge is 2.37. The maximum absolute atomic E-state index is 13.3. The van der Waals surface area contributed by atoms with Crippen molar-refractivity contribution in [3.8, 4) is 0 Å². The van der Waals surface area contributed by atoms with Crippen LogP contribution in [0.3, 0.4) is 0 Å². The fourth-order valence-electron chi connectivity index (χ4n) is 3.51. The third-order valence-corrected chi connectivity index (χ3v) is 5.18. The number of Topliss-reactive ketones (excluding diaryl/α,β-unsaturated/α-hetero) is 1. The molecule has 0 aromatic heterocycles. The topological polar surface area (TPSA) is 113 Å². The van der Waals surface area contributed by atoms with Gasteiger partial charge < -0.3 is 15.2 Å². The lowest BCUT2D eigenvalue weighted by Gasteiger charge is -2.34. The van der Waals surface area contributed by atoms with E-state index in [0.717, 1.165) is 11.0 Å². The van der Waals surface area contributed by atoms with Gasteiger partial charge in [0.05, 0.1) is 12.0 Å². The van der Waals surface area contributed by atoms with Gasteiger partial charge in [-0.3, -0.25) is 19.3 Å². The molecule has 1 aliphatic heterocycles. The van der Waals surface area contributed by atoms with Gasteiger partial charge in [-0.25, -0.2) is 9.18 Å². The SMILES string of the molecule is Cc1ccc(COC(=O)N2CCCC[C@H]2C(=O)NC(CC(=O)O)C(=O)CF)c(C(F)(F)F)c1. The number of benzene rings is 1. The fourth-order valence-corrected chi connectivity index (χ4v) is 3.51. The van der Waals surface area contributed by atoms with Crippen molar-refractivity contribution in [2.45, 2.75) is 57.5 Å². The first-order valence-electron chi connectivity index (χ1n) is 10.1. The third kappa shape index (κ3) is 7.16. The van der Waals surface area contributed by atoms with Gasteiger partial charge in [-0.05, 0) is 32.3 Å². The van der Waals surface area contributed by atoms with E-state index >= 15 is 0 Å². The van der Waals surface area contributed by atoms with Crippen LogP contribution >= 0.6 is 0 Å². The van der Waals surface area contributed by atoms with Crippen molar-refractivity contribution in [3.63, 3.8) is 0 Å². The summed E-state index contributed by atoms with van der Waals surface area (Å²) in [7, 11) is 0. The third-order valence-electron chi connectivity index (χ3n) is 5.18. The predicted octanol–water partition coefficient (Wildman–Crippen LogP) is 3.00. The average molecular weight is 476 g/mol. The minimum absolute atomic E-state index is 0.0671. The van der Waals surface area contributed by atoms with Crippen LogP contribution in [-0.2, 0) is 31.9 Å². The number of carbonyl (C=O) groups excluding carboxylic acids is 3. The minimum Gasteiger partial charge on any atom is -0.481 e. The summed E-state index contributed by atoms with van der Waals surface area (Å²) in [4.78, 5) is 48.8. The number of carbonyl (C=O) groups is 4. The van der Waals surface area contributed by atoms with Gasteiger partial charge in [-0.1, -0.05) is 17.7 Å². The molecule has 2 rings (SSSR count). The Morgan fingerprint density at radius 1 is 1.24 bits per heavy atom. The van der Waals surface area contributed by atoms with E-state index in [1.165, 1.54) is 19.1 Å². The van der Waals surface area contributed by atoms with E-state index in [-0.39, 0.29) is 18.5 Å². The van der Waals surface area contributed by atoms with E-state index < -0.39 is 67.3 Å².